The van der Waals surface area contributed by atoms with Crippen LogP contribution >= 0.6 is 11.3 Å². The van der Waals surface area contributed by atoms with Crippen molar-refractivity contribution in [3.05, 3.63) is 52.2 Å². The van der Waals surface area contributed by atoms with E-state index in [4.69, 9.17) is 14.5 Å². The summed E-state index contributed by atoms with van der Waals surface area (Å²) in [7, 11) is 1.52. The number of fused-ring (bicyclic) bond motifs is 1. The minimum absolute atomic E-state index is 0.0342. The highest BCUT2D eigenvalue weighted by atomic mass is 32.1. The van der Waals surface area contributed by atoms with Crippen molar-refractivity contribution in [2.24, 2.45) is 0 Å². The van der Waals surface area contributed by atoms with E-state index in [1.807, 2.05) is 39.8 Å². The Bertz CT molecular complexity index is 1210. The number of ether oxygens (including phenoxy) is 2. The molecule has 0 spiro atoms. The van der Waals surface area contributed by atoms with Crippen molar-refractivity contribution in [3.8, 4) is 33.8 Å². The van der Waals surface area contributed by atoms with Crippen LogP contribution in [0.4, 0.5) is 0 Å². The average Bonchev–Trinajstić information content (AvgIpc) is 3.02. The molecule has 0 aliphatic rings. The maximum Gasteiger partial charge on any atom is 0.219 e. The molecule has 0 unspecified atom stereocenters. The first-order chi connectivity index (χ1) is 13.9. The Hall–Kier alpha value is -3.19. The number of aromatic hydroxyl groups is 1. The molecule has 6 nitrogen and oxygen atoms in total. The van der Waals surface area contributed by atoms with Crippen molar-refractivity contribution in [2.75, 3.05) is 7.11 Å². The van der Waals surface area contributed by atoms with Gasteiger partial charge in [-0.2, -0.15) is 0 Å². The number of nitrogens with zero attached hydrogens (tertiary/aromatic N) is 3. The largest absolute Gasteiger partial charge is 0.504 e. The van der Waals surface area contributed by atoms with Gasteiger partial charge in [-0.05, 0) is 51.5 Å². The highest BCUT2D eigenvalue weighted by Gasteiger charge is 2.17. The molecule has 148 valence electrons. The molecule has 29 heavy (non-hydrogen) atoms. The molecule has 1 N–H and O–H groups in total. The minimum Gasteiger partial charge on any atom is -0.504 e. The second kappa shape index (κ2) is 7.33. The molecule has 0 aliphatic heterocycles. The van der Waals surface area contributed by atoms with Gasteiger partial charge in [0, 0.05) is 28.1 Å². The van der Waals surface area contributed by atoms with E-state index in [0.29, 0.717) is 28.6 Å². The second-order valence-corrected chi connectivity index (χ2v) is 8.07. The third-order valence-corrected chi connectivity index (χ3v) is 5.92. The van der Waals surface area contributed by atoms with Gasteiger partial charge in [0.25, 0.3) is 0 Å². The normalized spacial score (nSPS) is 11.1. The van der Waals surface area contributed by atoms with E-state index in [1.165, 1.54) is 7.11 Å². The van der Waals surface area contributed by atoms with Gasteiger partial charge in [0.15, 0.2) is 17.2 Å². The Kier molecular flexibility index (Phi) is 4.84. The lowest BCUT2D eigenvalue weighted by Gasteiger charge is -2.12. The van der Waals surface area contributed by atoms with Gasteiger partial charge < -0.3 is 14.6 Å². The van der Waals surface area contributed by atoms with Crippen molar-refractivity contribution in [1.29, 1.82) is 0 Å². The molecule has 0 saturated heterocycles. The number of aryl methyl sites for hydroxylation is 4. The zero-order valence-electron chi connectivity index (χ0n) is 16.9. The highest BCUT2D eigenvalue weighted by Crippen LogP contribution is 2.37. The third kappa shape index (κ3) is 3.61. The molecule has 0 aliphatic carbocycles. The molecule has 1 aromatic carbocycles. The van der Waals surface area contributed by atoms with Gasteiger partial charge in [0.1, 0.15) is 10.7 Å². The van der Waals surface area contributed by atoms with Gasteiger partial charge in [0.2, 0.25) is 5.88 Å². The number of hydrogen-bond donors (Lipinski definition) is 1. The molecule has 3 heterocycles. The van der Waals surface area contributed by atoms with Crippen LogP contribution in [-0.2, 0) is 0 Å². The van der Waals surface area contributed by atoms with Gasteiger partial charge in [-0.25, -0.2) is 15.0 Å². The first-order valence-corrected chi connectivity index (χ1v) is 9.95. The number of phenolic OH excluding ortho intramolecular Hbond substituents is 1. The van der Waals surface area contributed by atoms with Gasteiger partial charge >= 0.3 is 0 Å². The molecule has 0 bridgehead atoms. The SMILES string of the molecule is COc1cc2ccc(Oc3cc(C)c(C)nc3-c3nc(C)c(C)s3)nc2cc1O. The monoisotopic (exact) mass is 407 g/mol. The number of aromatic nitrogens is 3. The lowest BCUT2D eigenvalue weighted by atomic mass is 10.2. The van der Waals surface area contributed by atoms with Crippen LogP contribution in [-0.4, -0.2) is 27.2 Å². The van der Waals surface area contributed by atoms with Crippen molar-refractivity contribution in [1.82, 2.24) is 15.0 Å². The Morgan fingerprint density at radius 3 is 2.38 bits per heavy atom. The van der Waals surface area contributed by atoms with Crippen LogP contribution in [0.15, 0.2) is 30.3 Å². The fraction of sp³-hybridized carbons (Fsp3) is 0.227. The van der Waals surface area contributed by atoms with Crippen molar-refractivity contribution in [2.45, 2.75) is 27.7 Å². The maximum atomic E-state index is 10.1. The summed E-state index contributed by atoms with van der Waals surface area (Å²) in [5, 5.41) is 11.7. The molecule has 0 radical (unpaired) electrons. The van der Waals surface area contributed by atoms with Crippen molar-refractivity contribution < 1.29 is 14.6 Å². The quantitative estimate of drug-likeness (QED) is 0.482. The van der Waals surface area contributed by atoms with Crippen LogP contribution in [0.5, 0.6) is 23.1 Å². The van der Waals surface area contributed by atoms with Gasteiger partial charge in [-0.15, -0.1) is 11.3 Å². The smallest absolute Gasteiger partial charge is 0.219 e. The van der Waals surface area contributed by atoms with Gasteiger partial charge in [-0.3, -0.25) is 0 Å². The summed E-state index contributed by atoms with van der Waals surface area (Å²) in [5.74, 6) is 1.46. The third-order valence-electron chi connectivity index (χ3n) is 4.84. The summed E-state index contributed by atoms with van der Waals surface area (Å²) in [6, 6.07) is 8.93. The Morgan fingerprint density at radius 2 is 1.69 bits per heavy atom. The summed E-state index contributed by atoms with van der Waals surface area (Å²) < 4.78 is 11.3. The average molecular weight is 407 g/mol. The summed E-state index contributed by atoms with van der Waals surface area (Å²) in [6.45, 7) is 8.00. The Morgan fingerprint density at radius 1 is 0.897 bits per heavy atom. The van der Waals surface area contributed by atoms with Crippen LogP contribution in [0.1, 0.15) is 21.8 Å². The van der Waals surface area contributed by atoms with Crippen molar-refractivity contribution in [3.63, 3.8) is 0 Å². The Balaban J connectivity index is 1.78. The Labute approximate surface area is 172 Å². The maximum absolute atomic E-state index is 10.1. The summed E-state index contributed by atoms with van der Waals surface area (Å²) in [4.78, 5) is 15.1. The lowest BCUT2D eigenvalue weighted by molar-refractivity contribution is 0.374. The molecular formula is C22H21N3O3S. The van der Waals surface area contributed by atoms with Gasteiger partial charge in [0.05, 0.1) is 18.3 Å². The molecule has 0 amide bonds. The predicted molar refractivity (Wildman–Crippen MR) is 114 cm³/mol. The topological polar surface area (TPSA) is 77.4 Å². The number of rotatable bonds is 4. The van der Waals surface area contributed by atoms with E-state index in [9.17, 15) is 5.11 Å². The van der Waals surface area contributed by atoms with Crippen LogP contribution in [0.2, 0.25) is 0 Å². The van der Waals surface area contributed by atoms with E-state index in [-0.39, 0.29) is 5.75 Å². The molecule has 4 rings (SSSR count). The fourth-order valence-corrected chi connectivity index (χ4v) is 3.85. The minimum atomic E-state index is 0.0342. The zero-order valence-corrected chi connectivity index (χ0v) is 17.7. The fourth-order valence-electron chi connectivity index (χ4n) is 2.94. The standard InChI is InChI=1S/C22H21N3O3S/c1-11-8-19(21(23-12(11)2)22-24-13(3)14(4)29-22)28-20-7-6-15-9-18(27-5)17(26)10-16(15)25-20/h6-10,26H,1-5H3. The molecule has 0 saturated carbocycles. The molecular weight excluding hydrogens is 386 g/mol. The molecule has 7 heteroatoms. The number of pyridine rings is 2. The van der Waals surface area contributed by atoms with Crippen LogP contribution in [0, 0.1) is 27.7 Å². The zero-order chi connectivity index (χ0) is 20.7. The number of methoxy groups -OCH3 is 1. The molecule has 4 aromatic rings. The first-order valence-electron chi connectivity index (χ1n) is 9.14. The van der Waals surface area contributed by atoms with Crippen LogP contribution < -0.4 is 9.47 Å². The summed E-state index contributed by atoms with van der Waals surface area (Å²) >= 11 is 1.59. The number of hydrogen-bond acceptors (Lipinski definition) is 7. The highest BCUT2D eigenvalue weighted by molar-refractivity contribution is 7.15. The molecule has 3 aromatic heterocycles. The lowest BCUT2D eigenvalue weighted by Crippen LogP contribution is -1.97. The van der Waals surface area contributed by atoms with E-state index in [2.05, 4.69) is 9.97 Å². The number of benzene rings is 1. The second-order valence-electron chi connectivity index (χ2n) is 6.87. The predicted octanol–water partition coefficient (Wildman–Crippen LogP) is 5.49. The number of thiazole rings is 1. The first kappa shape index (κ1) is 19.1. The van der Waals surface area contributed by atoms with Crippen LogP contribution in [0.25, 0.3) is 21.6 Å². The molecule has 0 fully saturated rings. The van der Waals surface area contributed by atoms with E-state index in [0.717, 1.165) is 32.2 Å². The summed E-state index contributed by atoms with van der Waals surface area (Å²) in [6.07, 6.45) is 0. The molecule has 0 atom stereocenters. The summed E-state index contributed by atoms with van der Waals surface area (Å²) in [5.41, 5.74) is 4.26. The van der Waals surface area contributed by atoms with Crippen LogP contribution in [0.3, 0.4) is 0 Å². The van der Waals surface area contributed by atoms with E-state index < -0.39 is 0 Å². The number of phenols is 1. The van der Waals surface area contributed by atoms with E-state index in [1.54, 1.807) is 29.5 Å². The van der Waals surface area contributed by atoms with Crippen molar-refractivity contribution >= 4 is 22.2 Å². The van der Waals surface area contributed by atoms with Gasteiger partial charge in [-0.1, -0.05) is 0 Å². The van der Waals surface area contributed by atoms with E-state index >= 15 is 0 Å².